The van der Waals surface area contributed by atoms with Crippen molar-refractivity contribution in [3.8, 4) is 0 Å². The van der Waals surface area contributed by atoms with Crippen molar-refractivity contribution in [3.05, 3.63) is 33.5 Å². The van der Waals surface area contributed by atoms with Crippen LogP contribution in [0.3, 0.4) is 0 Å². The molecule has 0 aromatic carbocycles. The first-order valence-electron chi connectivity index (χ1n) is 8.14. The Kier molecular flexibility index (Phi) is 6.45. The SMILES string of the molecule is O=C(Cc1csc(SCC(=O)c2cccs2)n1)NC1CCCCC1. The average molecular weight is 381 g/mol. The number of aromatic nitrogens is 1. The number of thiazole rings is 1. The number of thioether (sulfide) groups is 1. The Labute approximate surface area is 154 Å². The lowest BCUT2D eigenvalue weighted by Crippen LogP contribution is -2.37. The smallest absolute Gasteiger partial charge is 0.226 e. The number of rotatable bonds is 7. The Morgan fingerprint density at radius 1 is 1.25 bits per heavy atom. The summed E-state index contributed by atoms with van der Waals surface area (Å²) in [5.41, 5.74) is 0.791. The van der Waals surface area contributed by atoms with Crippen molar-refractivity contribution >= 4 is 46.1 Å². The minimum absolute atomic E-state index is 0.0541. The van der Waals surface area contributed by atoms with Crippen LogP contribution >= 0.6 is 34.4 Å². The van der Waals surface area contributed by atoms with Gasteiger partial charge in [0.05, 0.1) is 22.7 Å². The third kappa shape index (κ3) is 5.16. The second-order valence-corrected chi connectivity index (χ2v) is 8.90. The number of hydrogen-bond donors (Lipinski definition) is 1. The van der Waals surface area contributed by atoms with Crippen LogP contribution in [-0.2, 0) is 11.2 Å². The standard InChI is InChI=1S/C17H20N2O2S3/c20-14(15-7-4-8-22-15)11-24-17-19-13(10-23-17)9-16(21)18-12-5-2-1-3-6-12/h4,7-8,10,12H,1-3,5-6,9,11H2,(H,18,21). The number of thiophene rings is 1. The van der Waals surface area contributed by atoms with Crippen molar-refractivity contribution in [2.24, 2.45) is 0 Å². The van der Waals surface area contributed by atoms with Crippen LogP contribution in [0.1, 0.15) is 47.5 Å². The molecule has 0 unspecified atom stereocenters. The average Bonchev–Trinajstić information content (AvgIpc) is 3.25. The lowest BCUT2D eigenvalue weighted by molar-refractivity contribution is -0.121. The van der Waals surface area contributed by atoms with Crippen LogP contribution in [0.5, 0.6) is 0 Å². The number of nitrogens with one attached hydrogen (secondary N) is 1. The number of carbonyl (C=O) groups excluding carboxylic acids is 2. The normalized spacial score (nSPS) is 15.3. The van der Waals surface area contributed by atoms with E-state index in [2.05, 4.69) is 10.3 Å². The second kappa shape index (κ2) is 8.78. The molecule has 1 N–H and O–H groups in total. The molecule has 4 nitrogen and oxygen atoms in total. The number of ketones is 1. The van der Waals surface area contributed by atoms with Gasteiger partial charge in [-0.05, 0) is 24.3 Å². The van der Waals surface area contributed by atoms with Gasteiger partial charge in [0, 0.05) is 11.4 Å². The molecule has 1 saturated carbocycles. The summed E-state index contributed by atoms with van der Waals surface area (Å²) in [6, 6.07) is 4.06. The van der Waals surface area contributed by atoms with Crippen LogP contribution in [0.2, 0.25) is 0 Å². The molecule has 24 heavy (non-hydrogen) atoms. The maximum absolute atomic E-state index is 12.1. The summed E-state index contributed by atoms with van der Waals surface area (Å²) in [5, 5.41) is 6.93. The summed E-state index contributed by atoms with van der Waals surface area (Å²) >= 11 is 4.41. The third-order valence-corrected chi connectivity index (χ3v) is 6.95. The Morgan fingerprint density at radius 2 is 2.08 bits per heavy atom. The maximum atomic E-state index is 12.1. The van der Waals surface area contributed by atoms with Gasteiger partial charge in [-0.15, -0.1) is 22.7 Å². The van der Waals surface area contributed by atoms with Crippen molar-refractivity contribution in [2.75, 3.05) is 5.75 Å². The fourth-order valence-corrected chi connectivity index (χ4v) is 5.25. The molecule has 0 aliphatic heterocycles. The second-order valence-electron chi connectivity index (χ2n) is 5.87. The van der Waals surface area contributed by atoms with Crippen LogP contribution in [0.4, 0.5) is 0 Å². The number of Topliss-reactive ketones (excluding diaryl/α,β-unsaturated/α-hetero) is 1. The summed E-state index contributed by atoms with van der Waals surface area (Å²) in [6.45, 7) is 0. The highest BCUT2D eigenvalue weighted by molar-refractivity contribution is 8.01. The lowest BCUT2D eigenvalue weighted by atomic mass is 9.95. The molecule has 0 saturated heterocycles. The molecule has 0 atom stereocenters. The summed E-state index contributed by atoms with van der Waals surface area (Å²) in [6.07, 6.45) is 6.21. The predicted molar refractivity (Wildman–Crippen MR) is 100 cm³/mol. The fraction of sp³-hybridized carbons (Fsp3) is 0.471. The number of amides is 1. The van der Waals surface area contributed by atoms with E-state index < -0.39 is 0 Å². The molecule has 1 amide bonds. The van der Waals surface area contributed by atoms with E-state index >= 15 is 0 Å². The van der Waals surface area contributed by atoms with Crippen LogP contribution in [0.25, 0.3) is 0 Å². The highest BCUT2D eigenvalue weighted by atomic mass is 32.2. The molecular weight excluding hydrogens is 360 g/mol. The molecule has 1 aliphatic rings. The Balaban J connectivity index is 1.44. The topological polar surface area (TPSA) is 59.1 Å². The van der Waals surface area contributed by atoms with E-state index in [1.807, 2.05) is 22.9 Å². The van der Waals surface area contributed by atoms with E-state index in [9.17, 15) is 9.59 Å². The Bertz CT molecular complexity index is 676. The van der Waals surface area contributed by atoms with Gasteiger partial charge in [-0.25, -0.2) is 4.98 Å². The zero-order chi connectivity index (χ0) is 16.8. The van der Waals surface area contributed by atoms with Crippen molar-refractivity contribution < 1.29 is 9.59 Å². The van der Waals surface area contributed by atoms with E-state index in [-0.39, 0.29) is 11.7 Å². The largest absolute Gasteiger partial charge is 0.353 e. The predicted octanol–water partition coefficient (Wildman–Crippen LogP) is 4.17. The van der Waals surface area contributed by atoms with E-state index in [0.717, 1.165) is 27.8 Å². The first kappa shape index (κ1) is 17.6. The van der Waals surface area contributed by atoms with E-state index in [0.29, 0.717) is 18.2 Å². The highest BCUT2D eigenvalue weighted by Gasteiger charge is 2.17. The number of nitrogens with zero attached hydrogens (tertiary/aromatic N) is 1. The summed E-state index contributed by atoms with van der Waals surface area (Å²) in [5.74, 6) is 0.571. The summed E-state index contributed by atoms with van der Waals surface area (Å²) in [7, 11) is 0. The zero-order valence-electron chi connectivity index (χ0n) is 13.3. The van der Waals surface area contributed by atoms with Crippen molar-refractivity contribution in [3.63, 3.8) is 0 Å². The highest BCUT2D eigenvalue weighted by Crippen LogP contribution is 2.25. The Hall–Kier alpha value is -1.18. The van der Waals surface area contributed by atoms with Crippen molar-refractivity contribution in [1.29, 1.82) is 0 Å². The molecule has 7 heteroatoms. The van der Waals surface area contributed by atoms with Gasteiger partial charge in [0.25, 0.3) is 0 Å². The molecule has 2 aromatic heterocycles. The van der Waals surface area contributed by atoms with E-state index in [1.165, 1.54) is 53.7 Å². The molecule has 128 valence electrons. The van der Waals surface area contributed by atoms with Gasteiger partial charge in [0.15, 0.2) is 10.1 Å². The van der Waals surface area contributed by atoms with Gasteiger partial charge in [0.2, 0.25) is 5.91 Å². The van der Waals surface area contributed by atoms with Gasteiger partial charge in [0.1, 0.15) is 0 Å². The molecule has 3 rings (SSSR count). The Morgan fingerprint density at radius 3 is 2.83 bits per heavy atom. The minimum Gasteiger partial charge on any atom is -0.353 e. The summed E-state index contributed by atoms with van der Waals surface area (Å²) < 4.78 is 0.848. The maximum Gasteiger partial charge on any atom is 0.226 e. The van der Waals surface area contributed by atoms with Crippen LogP contribution in [0, 0.1) is 0 Å². The quantitative estimate of drug-likeness (QED) is 0.578. The van der Waals surface area contributed by atoms with Crippen LogP contribution in [-0.4, -0.2) is 28.5 Å². The lowest BCUT2D eigenvalue weighted by Gasteiger charge is -2.22. The molecule has 1 aliphatic carbocycles. The van der Waals surface area contributed by atoms with Crippen LogP contribution < -0.4 is 5.32 Å². The number of hydrogen-bond acceptors (Lipinski definition) is 6. The van der Waals surface area contributed by atoms with Gasteiger partial charge < -0.3 is 5.32 Å². The van der Waals surface area contributed by atoms with Crippen molar-refractivity contribution in [2.45, 2.75) is 48.9 Å². The summed E-state index contributed by atoms with van der Waals surface area (Å²) in [4.78, 5) is 29.3. The van der Waals surface area contributed by atoms with E-state index in [1.54, 1.807) is 0 Å². The number of carbonyl (C=O) groups is 2. The molecular formula is C17H20N2O2S3. The molecule has 1 fully saturated rings. The first-order chi connectivity index (χ1) is 11.7. The molecule has 0 radical (unpaired) electrons. The van der Waals surface area contributed by atoms with Gasteiger partial charge in [-0.1, -0.05) is 37.1 Å². The van der Waals surface area contributed by atoms with Crippen LogP contribution in [0.15, 0.2) is 27.2 Å². The monoisotopic (exact) mass is 380 g/mol. The van der Waals surface area contributed by atoms with Crippen molar-refractivity contribution in [1.82, 2.24) is 10.3 Å². The molecule has 2 heterocycles. The minimum atomic E-state index is 0.0541. The zero-order valence-corrected chi connectivity index (χ0v) is 15.8. The van der Waals surface area contributed by atoms with Gasteiger partial charge >= 0.3 is 0 Å². The molecule has 2 aromatic rings. The van der Waals surface area contributed by atoms with Gasteiger partial charge in [-0.2, -0.15) is 0 Å². The first-order valence-corrected chi connectivity index (χ1v) is 10.9. The third-order valence-electron chi connectivity index (χ3n) is 3.97. The molecule has 0 bridgehead atoms. The fourth-order valence-electron chi connectivity index (χ4n) is 2.76. The van der Waals surface area contributed by atoms with Gasteiger partial charge in [-0.3, -0.25) is 9.59 Å². The molecule has 0 spiro atoms. The van der Waals surface area contributed by atoms with E-state index in [4.69, 9.17) is 0 Å².